The molecule has 1 unspecified atom stereocenters. The van der Waals surface area contributed by atoms with E-state index in [1.54, 1.807) is 0 Å². The third kappa shape index (κ3) is 3.45. The van der Waals surface area contributed by atoms with Crippen LogP contribution in [0, 0.1) is 6.92 Å². The first-order chi connectivity index (χ1) is 11.6. The van der Waals surface area contributed by atoms with Crippen LogP contribution < -0.4 is 5.32 Å². The van der Waals surface area contributed by atoms with Gasteiger partial charge in [-0.05, 0) is 43.9 Å². The van der Waals surface area contributed by atoms with E-state index in [9.17, 15) is 4.79 Å². The van der Waals surface area contributed by atoms with E-state index in [1.807, 2.05) is 42.3 Å². The van der Waals surface area contributed by atoms with Crippen LogP contribution in [0.4, 0.5) is 5.82 Å². The number of H-pyrrole nitrogens is 1. The fraction of sp³-hybridized carbons (Fsp3) is 0.474. The quantitative estimate of drug-likeness (QED) is 0.883. The van der Waals surface area contributed by atoms with Gasteiger partial charge in [0.1, 0.15) is 5.82 Å². The van der Waals surface area contributed by atoms with E-state index in [0.29, 0.717) is 5.92 Å². The van der Waals surface area contributed by atoms with Gasteiger partial charge in [-0.15, -0.1) is 0 Å². The third-order valence-electron chi connectivity index (χ3n) is 4.63. The zero-order valence-electron chi connectivity index (χ0n) is 14.7. The van der Waals surface area contributed by atoms with Crippen LogP contribution in [0.2, 0.25) is 0 Å². The first kappa shape index (κ1) is 16.6. The van der Waals surface area contributed by atoms with Crippen LogP contribution in [0.25, 0.3) is 0 Å². The summed E-state index contributed by atoms with van der Waals surface area (Å²) in [7, 11) is 0. The van der Waals surface area contributed by atoms with E-state index < -0.39 is 0 Å². The molecule has 0 spiro atoms. The molecule has 0 bridgehead atoms. The number of hydrogen-bond acceptors (Lipinski definition) is 3. The Morgan fingerprint density at radius 3 is 3.00 bits per heavy atom. The molecular weight excluding hydrogens is 300 g/mol. The van der Waals surface area contributed by atoms with Gasteiger partial charge in [-0.2, -0.15) is 0 Å². The number of hydrogen-bond donors (Lipinski definition) is 2. The van der Waals surface area contributed by atoms with Crippen LogP contribution in [0.1, 0.15) is 54.4 Å². The molecule has 0 saturated carbocycles. The van der Waals surface area contributed by atoms with Crippen molar-refractivity contribution in [2.24, 2.45) is 0 Å². The van der Waals surface area contributed by atoms with Gasteiger partial charge in [0.05, 0.1) is 5.56 Å². The van der Waals surface area contributed by atoms with Crippen molar-refractivity contribution in [2.75, 3.05) is 18.4 Å². The minimum absolute atomic E-state index is 0.140. The predicted molar refractivity (Wildman–Crippen MR) is 96.4 cm³/mol. The average Bonchev–Trinajstić information content (AvgIpc) is 3.21. The number of aromatic amines is 1. The zero-order chi connectivity index (χ0) is 17.1. The van der Waals surface area contributed by atoms with Crippen LogP contribution in [-0.4, -0.2) is 39.9 Å². The highest BCUT2D eigenvalue weighted by Crippen LogP contribution is 2.24. The second-order valence-corrected chi connectivity index (χ2v) is 6.80. The lowest BCUT2D eigenvalue weighted by molar-refractivity contribution is 0.0742. The monoisotopic (exact) mass is 326 g/mol. The predicted octanol–water partition coefficient (Wildman–Crippen LogP) is 3.56. The maximum Gasteiger partial charge on any atom is 0.255 e. The summed E-state index contributed by atoms with van der Waals surface area (Å²) in [4.78, 5) is 22.7. The highest BCUT2D eigenvalue weighted by Gasteiger charge is 2.31. The summed E-state index contributed by atoms with van der Waals surface area (Å²) in [5.74, 6) is 1.33. The lowest BCUT2D eigenvalue weighted by Crippen LogP contribution is -2.39. The van der Waals surface area contributed by atoms with E-state index >= 15 is 0 Å². The minimum atomic E-state index is 0.140. The average molecular weight is 326 g/mol. The van der Waals surface area contributed by atoms with Crippen LogP contribution in [-0.2, 0) is 0 Å². The zero-order valence-corrected chi connectivity index (χ0v) is 14.7. The van der Waals surface area contributed by atoms with E-state index in [1.165, 1.54) is 0 Å². The normalized spacial score (nSPS) is 17.5. The molecule has 0 radical (unpaired) electrons. The van der Waals surface area contributed by atoms with Gasteiger partial charge in [-0.3, -0.25) is 4.79 Å². The standard InChI is InChI=1S/C19H26N4O/c1-13(2)18-16(9-10-20-18)19(24)23-11-5-7-15(23)12-21-17-8-4-6-14(3)22-17/h4,6,8-10,13,15,20H,5,7,11-12H2,1-3H3,(H,21,22). The Hall–Kier alpha value is -2.30. The van der Waals surface area contributed by atoms with Gasteiger partial charge >= 0.3 is 0 Å². The molecule has 128 valence electrons. The summed E-state index contributed by atoms with van der Waals surface area (Å²) in [6.07, 6.45) is 3.95. The molecule has 0 aromatic carbocycles. The van der Waals surface area contributed by atoms with Gasteiger partial charge in [0.25, 0.3) is 5.91 Å². The van der Waals surface area contributed by atoms with Crippen molar-refractivity contribution >= 4 is 11.7 Å². The number of likely N-dealkylation sites (tertiary alicyclic amines) is 1. The fourth-order valence-electron chi connectivity index (χ4n) is 3.38. The number of nitrogens with zero attached hydrogens (tertiary/aromatic N) is 2. The van der Waals surface area contributed by atoms with Crippen LogP contribution >= 0.6 is 0 Å². The number of nitrogens with one attached hydrogen (secondary N) is 2. The Bertz CT molecular complexity index is 707. The number of aromatic nitrogens is 2. The Balaban J connectivity index is 1.68. The van der Waals surface area contributed by atoms with E-state index in [-0.39, 0.29) is 11.9 Å². The van der Waals surface area contributed by atoms with Crippen molar-refractivity contribution in [1.29, 1.82) is 0 Å². The number of amides is 1. The molecule has 5 nitrogen and oxygen atoms in total. The smallest absolute Gasteiger partial charge is 0.255 e. The Labute approximate surface area is 143 Å². The lowest BCUT2D eigenvalue weighted by Gasteiger charge is -2.25. The molecule has 3 rings (SSSR count). The molecule has 2 aromatic heterocycles. The number of aryl methyl sites for hydroxylation is 1. The third-order valence-corrected chi connectivity index (χ3v) is 4.63. The van der Waals surface area contributed by atoms with Gasteiger partial charge in [0.15, 0.2) is 0 Å². The number of anilines is 1. The van der Waals surface area contributed by atoms with E-state index in [2.05, 4.69) is 29.1 Å². The highest BCUT2D eigenvalue weighted by atomic mass is 16.2. The molecule has 0 aliphatic carbocycles. The first-order valence-corrected chi connectivity index (χ1v) is 8.72. The summed E-state index contributed by atoms with van der Waals surface area (Å²) in [5, 5.41) is 3.38. The largest absolute Gasteiger partial charge is 0.368 e. The van der Waals surface area contributed by atoms with Gasteiger partial charge in [-0.25, -0.2) is 4.98 Å². The number of carbonyl (C=O) groups excluding carboxylic acids is 1. The molecule has 2 N–H and O–H groups in total. The summed E-state index contributed by atoms with van der Waals surface area (Å²) >= 11 is 0. The maximum absolute atomic E-state index is 13.0. The molecule has 1 aliphatic rings. The van der Waals surface area contributed by atoms with Gasteiger partial charge in [0, 0.05) is 36.7 Å². The highest BCUT2D eigenvalue weighted by molar-refractivity contribution is 5.96. The van der Waals surface area contributed by atoms with Crippen molar-refractivity contribution in [1.82, 2.24) is 14.9 Å². The Morgan fingerprint density at radius 1 is 1.42 bits per heavy atom. The molecule has 1 amide bonds. The van der Waals surface area contributed by atoms with Crippen molar-refractivity contribution in [2.45, 2.75) is 45.6 Å². The van der Waals surface area contributed by atoms with E-state index in [4.69, 9.17) is 0 Å². The summed E-state index contributed by atoms with van der Waals surface area (Å²) < 4.78 is 0. The molecular formula is C19H26N4O. The number of pyridine rings is 1. The van der Waals surface area contributed by atoms with Gasteiger partial charge in [-0.1, -0.05) is 19.9 Å². The van der Waals surface area contributed by atoms with Crippen molar-refractivity contribution in [3.05, 3.63) is 47.4 Å². The van der Waals surface area contributed by atoms with Crippen LogP contribution in [0.15, 0.2) is 30.5 Å². The molecule has 3 heterocycles. The maximum atomic E-state index is 13.0. The molecule has 1 saturated heterocycles. The van der Waals surface area contributed by atoms with Gasteiger partial charge < -0.3 is 15.2 Å². The number of rotatable bonds is 5. The topological polar surface area (TPSA) is 61.0 Å². The summed E-state index contributed by atoms with van der Waals surface area (Å²) in [6, 6.07) is 8.07. The SMILES string of the molecule is Cc1cccc(NCC2CCCN2C(=O)c2cc[nH]c2C(C)C)n1. The summed E-state index contributed by atoms with van der Waals surface area (Å²) in [5.41, 5.74) is 2.83. The second kappa shape index (κ2) is 7.07. The molecule has 24 heavy (non-hydrogen) atoms. The minimum Gasteiger partial charge on any atom is -0.368 e. The van der Waals surface area contributed by atoms with Crippen molar-refractivity contribution in [3.8, 4) is 0 Å². The second-order valence-electron chi connectivity index (χ2n) is 6.80. The molecule has 2 aromatic rings. The van der Waals surface area contributed by atoms with E-state index in [0.717, 1.165) is 48.7 Å². The fourth-order valence-corrected chi connectivity index (χ4v) is 3.38. The Morgan fingerprint density at radius 2 is 2.25 bits per heavy atom. The molecule has 1 fully saturated rings. The molecule has 1 atom stereocenters. The molecule has 5 heteroatoms. The first-order valence-electron chi connectivity index (χ1n) is 8.72. The van der Waals surface area contributed by atoms with Gasteiger partial charge in [0.2, 0.25) is 0 Å². The van der Waals surface area contributed by atoms with Crippen molar-refractivity contribution in [3.63, 3.8) is 0 Å². The Kier molecular flexibility index (Phi) is 4.88. The van der Waals surface area contributed by atoms with Crippen LogP contribution in [0.5, 0.6) is 0 Å². The molecule has 1 aliphatic heterocycles. The van der Waals surface area contributed by atoms with Crippen molar-refractivity contribution < 1.29 is 4.79 Å². The summed E-state index contributed by atoms with van der Waals surface area (Å²) in [6.45, 7) is 7.76. The van der Waals surface area contributed by atoms with Crippen LogP contribution in [0.3, 0.4) is 0 Å². The lowest BCUT2D eigenvalue weighted by atomic mass is 10.0. The number of carbonyl (C=O) groups is 1.